The molecule has 0 saturated heterocycles. The van der Waals surface area contributed by atoms with E-state index in [9.17, 15) is 0 Å². The number of nitrogens with two attached hydrogens (primary N) is 1. The van der Waals surface area contributed by atoms with Gasteiger partial charge in [-0.15, -0.1) is 0 Å². The predicted octanol–water partition coefficient (Wildman–Crippen LogP) is 4.85. The summed E-state index contributed by atoms with van der Waals surface area (Å²) in [6, 6.07) is 14.4. The third-order valence-corrected chi connectivity index (χ3v) is 5.77. The molecule has 1 aliphatic heterocycles. The van der Waals surface area contributed by atoms with Crippen molar-refractivity contribution in [3.8, 4) is 0 Å². The van der Waals surface area contributed by atoms with Crippen LogP contribution in [-0.4, -0.2) is 12.5 Å². The minimum absolute atomic E-state index is 0.115. The van der Waals surface area contributed by atoms with E-state index < -0.39 is 0 Å². The first-order valence-corrected chi connectivity index (χ1v) is 8.74. The van der Waals surface area contributed by atoms with Crippen molar-refractivity contribution in [2.75, 3.05) is 11.4 Å². The maximum atomic E-state index is 6.10. The van der Waals surface area contributed by atoms with Crippen molar-refractivity contribution in [1.29, 1.82) is 0 Å². The Morgan fingerprint density at radius 3 is 2.57 bits per heavy atom. The molecule has 2 aromatic rings. The molecule has 1 unspecified atom stereocenters. The molecule has 3 nitrogen and oxygen atoms in total. The quantitative estimate of drug-likeness (QED) is 0.677. The number of nitrogens with zero attached hydrogens (tertiary/aromatic N) is 2. The van der Waals surface area contributed by atoms with Gasteiger partial charge in [0.1, 0.15) is 0 Å². The highest BCUT2D eigenvalue weighted by Crippen LogP contribution is 2.35. The Bertz CT molecular complexity index is 715. The van der Waals surface area contributed by atoms with E-state index in [1.807, 2.05) is 24.3 Å². The minimum atomic E-state index is 0.115. The van der Waals surface area contributed by atoms with Crippen molar-refractivity contribution in [2.45, 2.75) is 6.04 Å². The molecule has 108 valence electrons. The number of aliphatic imine (C=N–C) groups is 1. The lowest BCUT2D eigenvalue weighted by Gasteiger charge is -2.27. The van der Waals surface area contributed by atoms with Gasteiger partial charge in [-0.2, -0.15) is 0 Å². The first-order chi connectivity index (χ1) is 10.1. The van der Waals surface area contributed by atoms with Gasteiger partial charge in [0.05, 0.1) is 12.6 Å². The van der Waals surface area contributed by atoms with Crippen LogP contribution in [0.15, 0.2) is 60.9 Å². The largest absolute Gasteiger partial charge is 0.369 e. The minimum Gasteiger partial charge on any atom is -0.369 e. The fourth-order valence-corrected chi connectivity index (χ4v) is 3.44. The zero-order valence-corrected chi connectivity index (χ0v) is 15.7. The molecular formula is C15H12Br3N3. The Labute approximate surface area is 148 Å². The molecule has 0 aromatic heterocycles. The van der Waals surface area contributed by atoms with E-state index in [4.69, 9.17) is 5.73 Å². The molecule has 3 rings (SSSR count). The fourth-order valence-electron chi connectivity index (χ4n) is 2.41. The summed E-state index contributed by atoms with van der Waals surface area (Å²) < 4.78 is 3.09. The van der Waals surface area contributed by atoms with Crippen molar-refractivity contribution in [3.63, 3.8) is 0 Å². The Hall–Kier alpha value is -0.850. The summed E-state index contributed by atoms with van der Waals surface area (Å²) in [5, 5.41) is 0. The van der Waals surface area contributed by atoms with Gasteiger partial charge < -0.3 is 10.6 Å². The summed E-state index contributed by atoms with van der Waals surface area (Å²) in [5.41, 5.74) is 8.31. The summed E-state index contributed by atoms with van der Waals surface area (Å²) in [6.07, 6.45) is 0. The second-order valence-corrected chi connectivity index (χ2v) is 7.36. The number of hydrogen-bond donors (Lipinski definition) is 1. The third kappa shape index (κ3) is 3.03. The van der Waals surface area contributed by atoms with E-state index in [2.05, 4.69) is 75.9 Å². The van der Waals surface area contributed by atoms with Gasteiger partial charge in [0.15, 0.2) is 5.96 Å². The monoisotopic (exact) mass is 471 g/mol. The normalized spacial score (nSPS) is 18.0. The smallest absolute Gasteiger partial charge is 0.196 e. The lowest BCUT2D eigenvalue weighted by molar-refractivity contribution is 0.768. The molecule has 0 spiro atoms. The van der Waals surface area contributed by atoms with Gasteiger partial charge in [-0.3, -0.25) is 4.99 Å². The van der Waals surface area contributed by atoms with Gasteiger partial charge >= 0.3 is 0 Å². The molecule has 2 N–H and O–H groups in total. The highest BCUT2D eigenvalue weighted by Gasteiger charge is 2.29. The van der Waals surface area contributed by atoms with Crippen LogP contribution in [0.4, 0.5) is 5.69 Å². The molecule has 6 heteroatoms. The zero-order chi connectivity index (χ0) is 15.0. The third-order valence-electron chi connectivity index (χ3n) is 3.40. The standard InChI is InChI=1S/C15H12Br3N3/c16-10-2-1-3-11(7-10)21-14(8-20-15(21)19)9-4-5-12(17)13(18)6-9/h1-7,14H,8H2,(H2,19,20). The summed E-state index contributed by atoms with van der Waals surface area (Å²) in [5.74, 6) is 0.553. The number of guanidine groups is 1. The maximum absolute atomic E-state index is 6.10. The van der Waals surface area contributed by atoms with Crippen LogP contribution in [-0.2, 0) is 0 Å². The van der Waals surface area contributed by atoms with Crippen LogP contribution in [0.3, 0.4) is 0 Å². The van der Waals surface area contributed by atoms with Crippen LogP contribution in [0.5, 0.6) is 0 Å². The van der Waals surface area contributed by atoms with Crippen LogP contribution >= 0.6 is 47.8 Å². The van der Waals surface area contributed by atoms with Crippen LogP contribution in [0.25, 0.3) is 0 Å². The highest BCUT2D eigenvalue weighted by atomic mass is 79.9. The zero-order valence-electron chi connectivity index (χ0n) is 10.9. The van der Waals surface area contributed by atoms with Crippen molar-refractivity contribution < 1.29 is 0 Å². The van der Waals surface area contributed by atoms with Gasteiger partial charge in [-0.1, -0.05) is 28.1 Å². The average molecular weight is 474 g/mol. The number of benzene rings is 2. The van der Waals surface area contributed by atoms with Crippen LogP contribution in [0.2, 0.25) is 0 Å². The van der Waals surface area contributed by atoms with E-state index in [-0.39, 0.29) is 6.04 Å². The molecule has 0 amide bonds. The SMILES string of the molecule is NC1=NCC(c2ccc(Br)c(Br)c2)N1c1cccc(Br)c1. The lowest BCUT2D eigenvalue weighted by Crippen LogP contribution is -2.36. The molecule has 2 aromatic carbocycles. The van der Waals surface area contributed by atoms with Crippen LogP contribution in [0, 0.1) is 0 Å². The molecule has 0 bridgehead atoms. The molecule has 1 atom stereocenters. The Morgan fingerprint density at radius 1 is 1.05 bits per heavy atom. The number of halogens is 3. The summed E-state index contributed by atoms with van der Waals surface area (Å²) >= 11 is 10.6. The van der Waals surface area contributed by atoms with E-state index in [0.29, 0.717) is 12.5 Å². The molecule has 0 saturated carbocycles. The number of hydrogen-bond acceptors (Lipinski definition) is 3. The first-order valence-electron chi connectivity index (χ1n) is 6.36. The van der Waals surface area contributed by atoms with Crippen LogP contribution in [0.1, 0.15) is 11.6 Å². The van der Waals surface area contributed by atoms with Crippen molar-refractivity contribution >= 4 is 59.4 Å². The fraction of sp³-hybridized carbons (Fsp3) is 0.133. The summed E-state index contributed by atoms with van der Waals surface area (Å²) in [6.45, 7) is 0.659. The van der Waals surface area contributed by atoms with E-state index in [0.717, 1.165) is 19.1 Å². The summed E-state index contributed by atoms with van der Waals surface area (Å²) in [7, 11) is 0. The Morgan fingerprint density at radius 2 is 1.86 bits per heavy atom. The Balaban J connectivity index is 2.00. The Kier molecular flexibility index (Phi) is 4.38. The van der Waals surface area contributed by atoms with Crippen molar-refractivity contribution in [2.24, 2.45) is 10.7 Å². The van der Waals surface area contributed by atoms with Gasteiger partial charge in [-0.25, -0.2) is 0 Å². The van der Waals surface area contributed by atoms with Gasteiger partial charge in [0, 0.05) is 19.1 Å². The molecule has 1 heterocycles. The lowest BCUT2D eigenvalue weighted by atomic mass is 10.1. The van der Waals surface area contributed by atoms with Crippen molar-refractivity contribution in [3.05, 3.63) is 61.4 Å². The van der Waals surface area contributed by atoms with E-state index in [1.165, 1.54) is 5.56 Å². The molecule has 0 fully saturated rings. The summed E-state index contributed by atoms with van der Waals surface area (Å²) in [4.78, 5) is 6.48. The second kappa shape index (κ2) is 6.10. The van der Waals surface area contributed by atoms with Crippen molar-refractivity contribution in [1.82, 2.24) is 0 Å². The topological polar surface area (TPSA) is 41.6 Å². The molecule has 21 heavy (non-hydrogen) atoms. The number of anilines is 1. The average Bonchev–Trinajstić information content (AvgIpc) is 2.84. The van der Waals surface area contributed by atoms with E-state index in [1.54, 1.807) is 0 Å². The number of rotatable bonds is 2. The molecule has 0 radical (unpaired) electrons. The van der Waals surface area contributed by atoms with Gasteiger partial charge in [0.25, 0.3) is 0 Å². The maximum Gasteiger partial charge on any atom is 0.196 e. The van der Waals surface area contributed by atoms with Crippen LogP contribution < -0.4 is 10.6 Å². The molecular weight excluding hydrogens is 462 g/mol. The van der Waals surface area contributed by atoms with E-state index >= 15 is 0 Å². The van der Waals surface area contributed by atoms with Gasteiger partial charge in [-0.05, 0) is 67.8 Å². The first kappa shape index (κ1) is 15.1. The molecule has 0 aliphatic carbocycles. The molecule has 1 aliphatic rings. The second-order valence-electron chi connectivity index (χ2n) is 4.74. The van der Waals surface area contributed by atoms with Gasteiger partial charge in [0.2, 0.25) is 0 Å². The highest BCUT2D eigenvalue weighted by molar-refractivity contribution is 9.13. The predicted molar refractivity (Wildman–Crippen MR) is 97.7 cm³/mol.